The van der Waals surface area contributed by atoms with Gasteiger partial charge in [-0.2, -0.15) is 0 Å². The predicted molar refractivity (Wildman–Crippen MR) is 129 cm³/mol. The maximum absolute atomic E-state index is 12.9. The molecule has 0 saturated carbocycles. The lowest BCUT2D eigenvalue weighted by Crippen LogP contribution is -2.20. The molecule has 0 unspecified atom stereocenters. The molecule has 0 spiro atoms. The highest BCUT2D eigenvalue weighted by Crippen LogP contribution is 2.24. The molecule has 0 fully saturated rings. The van der Waals surface area contributed by atoms with Crippen molar-refractivity contribution in [3.8, 4) is 11.5 Å². The minimum atomic E-state index is -0.625. The van der Waals surface area contributed by atoms with Crippen LogP contribution in [0.4, 0.5) is 23.1 Å². The Morgan fingerprint density at radius 3 is 1.92 bits per heavy atom. The third kappa shape index (κ3) is 5.39. The molecule has 0 bridgehead atoms. The molecule has 3 aromatic carbocycles. The molecule has 0 aliphatic carbocycles. The van der Waals surface area contributed by atoms with E-state index in [1.54, 1.807) is 42.5 Å². The van der Waals surface area contributed by atoms with E-state index in [4.69, 9.17) is 4.42 Å². The second kappa shape index (κ2) is 10.3. The molecule has 4 rings (SSSR count). The molecular formula is C24H18N6O6. The Bertz CT molecular complexity index is 1460. The minimum Gasteiger partial charge on any atom is -0.403 e. The molecule has 180 valence electrons. The lowest BCUT2D eigenvalue weighted by molar-refractivity contribution is -0.384. The van der Waals surface area contributed by atoms with Gasteiger partial charge in [-0.3, -0.25) is 29.8 Å². The van der Waals surface area contributed by atoms with E-state index in [0.717, 1.165) is 0 Å². The van der Waals surface area contributed by atoms with E-state index in [2.05, 4.69) is 26.1 Å². The van der Waals surface area contributed by atoms with E-state index in [1.165, 1.54) is 37.3 Å². The Morgan fingerprint density at radius 2 is 1.33 bits per heavy atom. The van der Waals surface area contributed by atoms with Gasteiger partial charge < -0.3 is 15.1 Å². The standard InChI is InChI=1S/C24H18N6O6/c1-14(31)25-19-8-4-2-6-17(19)21(32)26-20-9-5-3-7-18(20)22(33)27-24-29-28-23(36-24)15-10-12-16(13-11-15)30(34)35/h2-13H,1H3,(H,25,31)(H,26,32)(H,27,29,33). The van der Waals surface area contributed by atoms with Gasteiger partial charge in [0.1, 0.15) is 0 Å². The van der Waals surface area contributed by atoms with Crippen LogP contribution in [0.2, 0.25) is 0 Å². The quantitative estimate of drug-likeness (QED) is 0.259. The molecule has 12 heteroatoms. The average molecular weight is 486 g/mol. The number of nitrogens with one attached hydrogen (secondary N) is 3. The van der Waals surface area contributed by atoms with E-state index in [0.29, 0.717) is 11.3 Å². The van der Waals surface area contributed by atoms with Crippen LogP contribution in [0.5, 0.6) is 0 Å². The molecule has 3 amide bonds. The smallest absolute Gasteiger partial charge is 0.322 e. The molecule has 1 heterocycles. The van der Waals surface area contributed by atoms with Gasteiger partial charge >= 0.3 is 6.01 Å². The first-order valence-corrected chi connectivity index (χ1v) is 10.5. The van der Waals surface area contributed by atoms with E-state index in [1.807, 2.05) is 0 Å². The monoisotopic (exact) mass is 486 g/mol. The van der Waals surface area contributed by atoms with Gasteiger partial charge in [0.2, 0.25) is 11.8 Å². The highest BCUT2D eigenvalue weighted by Gasteiger charge is 2.19. The number of hydrogen-bond acceptors (Lipinski definition) is 8. The maximum atomic E-state index is 12.9. The van der Waals surface area contributed by atoms with Gasteiger partial charge in [0.05, 0.1) is 27.4 Å². The van der Waals surface area contributed by atoms with Crippen molar-refractivity contribution in [2.45, 2.75) is 6.92 Å². The van der Waals surface area contributed by atoms with Gasteiger partial charge in [-0.1, -0.05) is 29.4 Å². The van der Waals surface area contributed by atoms with Crippen molar-refractivity contribution in [3.05, 3.63) is 94.0 Å². The molecule has 0 radical (unpaired) electrons. The zero-order valence-electron chi connectivity index (χ0n) is 18.7. The number of hydrogen-bond donors (Lipinski definition) is 3. The number of para-hydroxylation sites is 2. The van der Waals surface area contributed by atoms with Crippen LogP contribution in [-0.4, -0.2) is 32.8 Å². The largest absolute Gasteiger partial charge is 0.403 e. The molecule has 0 aliphatic rings. The normalized spacial score (nSPS) is 10.4. The van der Waals surface area contributed by atoms with Crippen molar-refractivity contribution in [1.82, 2.24) is 10.2 Å². The summed E-state index contributed by atoms with van der Waals surface area (Å²) in [5, 5.41) is 26.2. The van der Waals surface area contributed by atoms with Gasteiger partial charge in [-0.25, -0.2) is 0 Å². The number of amides is 3. The van der Waals surface area contributed by atoms with E-state index in [9.17, 15) is 24.5 Å². The van der Waals surface area contributed by atoms with Crippen molar-refractivity contribution in [2.75, 3.05) is 16.0 Å². The van der Waals surface area contributed by atoms with Gasteiger partial charge in [0.15, 0.2) is 0 Å². The maximum Gasteiger partial charge on any atom is 0.322 e. The summed E-state index contributed by atoms with van der Waals surface area (Å²) in [6, 6.07) is 18.0. The van der Waals surface area contributed by atoms with Crippen LogP contribution in [0.3, 0.4) is 0 Å². The minimum absolute atomic E-state index is 0.0522. The summed E-state index contributed by atoms with van der Waals surface area (Å²) in [4.78, 5) is 47.5. The van der Waals surface area contributed by atoms with Crippen LogP contribution in [0, 0.1) is 10.1 Å². The Balaban J connectivity index is 1.50. The van der Waals surface area contributed by atoms with E-state index < -0.39 is 16.7 Å². The van der Waals surface area contributed by atoms with Crippen molar-refractivity contribution < 1.29 is 23.7 Å². The molecule has 3 N–H and O–H groups in total. The molecular weight excluding hydrogens is 468 g/mol. The number of nitro groups is 1. The molecule has 4 aromatic rings. The van der Waals surface area contributed by atoms with Gasteiger partial charge in [0.25, 0.3) is 17.5 Å². The van der Waals surface area contributed by atoms with Gasteiger partial charge in [0, 0.05) is 24.6 Å². The summed E-state index contributed by atoms with van der Waals surface area (Å²) in [5.41, 5.74) is 1.22. The summed E-state index contributed by atoms with van der Waals surface area (Å²) in [7, 11) is 0. The van der Waals surface area contributed by atoms with Crippen molar-refractivity contribution in [1.29, 1.82) is 0 Å². The number of rotatable bonds is 7. The molecule has 0 atom stereocenters. The summed E-state index contributed by atoms with van der Waals surface area (Å²) in [6.45, 7) is 1.33. The molecule has 1 aromatic heterocycles. The predicted octanol–water partition coefficient (Wildman–Crippen LogP) is 4.11. The first-order valence-electron chi connectivity index (χ1n) is 10.5. The highest BCUT2D eigenvalue weighted by atomic mass is 16.6. The first-order chi connectivity index (χ1) is 17.3. The number of non-ortho nitro benzene ring substituents is 1. The molecule has 36 heavy (non-hydrogen) atoms. The summed E-state index contributed by atoms with van der Waals surface area (Å²) >= 11 is 0. The van der Waals surface area contributed by atoms with Gasteiger partial charge in [-0.05, 0) is 36.4 Å². The van der Waals surface area contributed by atoms with E-state index in [-0.39, 0.29) is 40.3 Å². The Labute approximate surface area is 203 Å². The second-order valence-electron chi connectivity index (χ2n) is 7.40. The van der Waals surface area contributed by atoms with Crippen LogP contribution in [0.1, 0.15) is 27.6 Å². The molecule has 12 nitrogen and oxygen atoms in total. The van der Waals surface area contributed by atoms with Crippen LogP contribution < -0.4 is 16.0 Å². The summed E-state index contributed by atoms with van der Waals surface area (Å²) < 4.78 is 5.45. The topological polar surface area (TPSA) is 169 Å². The number of aromatic nitrogens is 2. The fourth-order valence-electron chi connectivity index (χ4n) is 3.24. The summed E-state index contributed by atoms with van der Waals surface area (Å²) in [6.07, 6.45) is 0. The Morgan fingerprint density at radius 1 is 0.778 bits per heavy atom. The van der Waals surface area contributed by atoms with Crippen LogP contribution in [0.25, 0.3) is 11.5 Å². The average Bonchev–Trinajstić information content (AvgIpc) is 3.32. The number of carbonyl (C=O) groups is 3. The van der Waals surface area contributed by atoms with Crippen LogP contribution in [0.15, 0.2) is 77.2 Å². The highest BCUT2D eigenvalue weighted by molar-refractivity contribution is 6.14. The second-order valence-corrected chi connectivity index (χ2v) is 7.40. The zero-order valence-corrected chi connectivity index (χ0v) is 18.7. The van der Waals surface area contributed by atoms with Crippen molar-refractivity contribution >= 4 is 40.8 Å². The lowest BCUT2D eigenvalue weighted by Gasteiger charge is -2.13. The number of carbonyl (C=O) groups excluding carboxylic acids is 3. The van der Waals surface area contributed by atoms with Crippen molar-refractivity contribution in [2.24, 2.45) is 0 Å². The number of nitrogens with zero attached hydrogens (tertiary/aromatic N) is 3. The number of anilines is 3. The Kier molecular flexibility index (Phi) is 6.77. The SMILES string of the molecule is CC(=O)Nc1ccccc1C(=O)Nc1ccccc1C(=O)Nc1nnc(-c2ccc([N+](=O)[O-])cc2)o1. The molecule has 0 aliphatic heterocycles. The summed E-state index contributed by atoms with van der Waals surface area (Å²) in [5.74, 6) is -1.43. The third-order valence-electron chi connectivity index (χ3n) is 4.87. The third-order valence-corrected chi connectivity index (χ3v) is 4.87. The van der Waals surface area contributed by atoms with Crippen molar-refractivity contribution in [3.63, 3.8) is 0 Å². The fraction of sp³-hybridized carbons (Fsp3) is 0.0417. The Hall–Kier alpha value is -5.39. The number of benzene rings is 3. The lowest BCUT2D eigenvalue weighted by atomic mass is 10.1. The fourth-order valence-corrected chi connectivity index (χ4v) is 3.24. The van der Waals surface area contributed by atoms with Crippen LogP contribution >= 0.6 is 0 Å². The molecule has 0 saturated heterocycles. The first kappa shape index (κ1) is 23.8. The van der Waals surface area contributed by atoms with Crippen LogP contribution in [-0.2, 0) is 4.79 Å². The zero-order chi connectivity index (χ0) is 25.7. The van der Waals surface area contributed by atoms with E-state index >= 15 is 0 Å². The number of nitro benzene ring substituents is 1. The van der Waals surface area contributed by atoms with Gasteiger partial charge in [-0.15, -0.1) is 5.10 Å².